The van der Waals surface area contributed by atoms with Crippen LogP contribution in [-0.2, 0) is 16.3 Å². The van der Waals surface area contributed by atoms with E-state index in [9.17, 15) is 8.42 Å². The number of guanidine groups is 1. The minimum Gasteiger partial charge on any atom is -0.356 e. The highest BCUT2D eigenvalue weighted by atomic mass is 127. The van der Waals surface area contributed by atoms with E-state index in [-0.39, 0.29) is 35.8 Å². The van der Waals surface area contributed by atoms with Gasteiger partial charge in [0.05, 0.1) is 8.64 Å². The molecule has 0 saturated carbocycles. The van der Waals surface area contributed by atoms with Crippen LogP contribution in [-0.4, -0.2) is 46.0 Å². The molecule has 0 radical (unpaired) electrons. The van der Waals surface area contributed by atoms with Gasteiger partial charge in [-0.15, -0.1) is 35.3 Å². The zero-order valence-electron chi connectivity index (χ0n) is 12.9. The summed E-state index contributed by atoms with van der Waals surface area (Å²) >= 11 is 4.11. The molecule has 2 N–H and O–H groups in total. The molecule has 0 aliphatic heterocycles. The third-order valence-corrected chi connectivity index (χ3v) is 5.75. The normalized spacial score (nSPS) is 13.4. The van der Waals surface area contributed by atoms with Crippen molar-refractivity contribution in [2.75, 3.05) is 25.6 Å². The van der Waals surface area contributed by atoms with Gasteiger partial charge in [-0.25, -0.2) is 8.42 Å². The van der Waals surface area contributed by atoms with E-state index in [0.717, 1.165) is 13.0 Å². The minimum atomic E-state index is -2.91. The summed E-state index contributed by atoms with van der Waals surface area (Å²) in [7, 11) is -1.20. The van der Waals surface area contributed by atoms with Crippen LogP contribution >= 0.6 is 57.9 Å². The van der Waals surface area contributed by atoms with Crippen molar-refractivity contribution in [3.05, 3.63) is 19.9 Å². The molecule has 9 heteroatoms. The summed E-state index contributed by atoms with van der Waals surface area (Å²) in [6, 6.07) is 4.31. The first-order valence-corrected chi connectivity index (χ1v) is 10.6. The number of thiophene rings is 1. The standard InChI is InChI=1S/C13H22IN3O2S2.HI/c1-10(7-9-21(3,18)19)17-13(15-2)16-8-6-11-4-5-12(14)20-11;/h4-5,10H,6-9H2,1-3H3,(H2,15,16,17);1H. The first kappa shape index (κ1) is 22.4. The van der Waals surface area contributed by atoms with Crippen molar-refractivity contribution in [2.24, 2.45) is 4.99 Å². The monoisotopic (exact) mass is 571 g/mol. The van der Waals surface area contributed by atoms with Crippen molar-refractivity contribution in [3.8, 4) is 0 Å². The quantitative estimate of drug-likeness (QED) is 0.300. The number of aliphatic imine (C=N–C) groups is 1. The predicted octanol–water partition coefficient (Wildman–Crippen LogP) is 2.50. The lowest BCUT2D eigenvalue weighted by atomic mass is 10.3. The van der Waals surface area contributed by atoms with Gasteiger partial charge in [0.2, 0.25) is 0 Å². The smallest absolute Gasteiger partial charge is 0.191 e. The Morgan fingerprint density at radius 1 is 1.45 bits per heavy atom. The van der Waals surface area contributed by atoms with Crippen molar-refractivity contribution in [1.29, 1.82) is 0 Å². The van der Waals surface area contributed by atoms with Crippen LogP contribution in [0.5, 0.6) is 0 Å². The molecule has 1 rings (SSSR count). The summed E-state index contributed by atoms with van der Waals surface area (Å²) in [4.78, 5) is 5.50. The molecule has 128 valence electrons. The Kier molecular flexibility index (Phi) is 11.2. The average molecular weight is 571 g/mol. The second-order valence-corrected chi connectivity index (χ2v) is 10.2. The van der Waals surface area contributed by atoms with E-state index in [1.54, 1.807) is 18.4 Å². The lowest BCUT2D eigenvalue weighted by Crippen LogP contribution is -2.43. The molecule has 0 fully saturated rings. The fourth-order valence-corrected chi connectivity index (χ4v) is 4.22. The van der Waals surface area contributed by atoms with Gasteiger partial charge in [0.15, 0.2) is 5.96 Å². The molecule has 0 aliphatic carbocycles. The number of rotatable bonds is 7. The van der Waals surface area contributed by atoms with Crippen LogP contribution in [0.1, 0.15) is 18.2 Å². The molecule has 0 bridgehead atoms. The summed E-state index contributed by atoms with van der Waals surface area (Å²) in [5, 5.41) is 6.46. The molecule has 0 aromatic carbocycles. The van der Waals surface area contributed by atoms with E-state index < -0.39 is 9.84 Å². The van der Waals surface area contributed by atoms with Gasteiger partial charge in [-0.05, 0) is 54.5 Å². The molecule has 1 aromatic heterocycles. The van der Waals surface area contributed by atoms with Gasteiger partial charge in [0, 0.05) is 30.8 Å². The fraction of sp³-hybridized carbons (Fsp3) is 0.615. The summed E-state index contributed by atoms with van der Waals surface area (Å²) < 4.78 is 23.6. The molecule has 0 aliphatic rings. The van der Waals surface area contributed by atoms with E-state index >= 15 is 0 Å². The first-order chi connectivity index (χ1) is 9.80. The summed E-state index contributed by atoms with van der Waals surface area (Å²) in [6.07, 6.45) is 2.78. The summed E-state index contributed by atoms with van der Waals surface area (Å²) in [5.41, 5.74) is 0. The second-order valence-electron chi connectivity index (χ2n) is 4.92. The average Bonchev–Trinajstić information content (AvgIpc) is 2.80. The van der Waals surface area contributed by atoms with Crippen molar-refractivity contribution in [2.45, 2.75) is 25.8 Å². The van der Waals surface area contributed by atoms with E-state index in [1.165, 1.54) is 14.0 Å². The molecule has 0 saturated heterocycles. The number of nitrogens with one attached hydrogen (secondary N) is 2. The maximum atomic E-state index is 11.1. The minimum absolute atomic E-state index is 0. The molecular weight excluding hydrogens is 548 g/mol. The van der Waals surface area contributed by atoms with Gasteiger partial charge in [-0.2, -0.15) is 0 Å². The molecule has 0 amide bonds. The van der Waals surface area contributed by atoms with Gasteiger partial charge < -0.3 is 10.6 Å². The van der Waals surface area contributed by atoms with Crippen molar-refractivity contribution in [1.82, 2.24) is 10.6 Å². The van der Waals surface area contributed by atoms with Gasteiger partial charge >= 0.3 is 0 Å². The van der Waals surface area contributed by atoms with Gasteiger partial charge in [0.1, 0.15) is 9.84 Å². The Hall–Kier alpha value is 0.380. The predicted molar refractivity (Wildman–Crippen MR) is 114 cm³/mol. The van der Waals surface area contributed by atoms with E-state index in [2.05, 4.69) is 50.3 Å². The zero-order chi connectivity index (χ0) is 15.9. The fourth-order valence-electron chi connectivity index (χ4n) is 1.68. The lowest BCUT2D eigenvalue weighted by molar-refractivity contribution is 0.581. The zero-order valence-corrected chi connectivity index (χ0v) is 19.0. The highest BCUT2D eigenvalue weighted by Gasteiger charge is 2.09. The summed E-state index contributed by atoms with van der Waals surface area (Å²) in [5.74, 6) is 0.897. The number of hydrogen-bond acceptors (Lipinski definition) is 4. The maximum Gasteiger partial charge on any atom is 0.191 e. The number of sulfone groups is 1. The Morgan fingerprint density at radius 2 is 2.14 bits per heavy atom. The van der Waals surface area contributed by atoms with Crippen LogP contribution in [0.25, 0.3) is 0 Å². The highest BCUT2D eigenvalue weighted by Crippen LogP contribution is 2.18. The Morgan fingerprint density at radius 3 is 2.64 bits per heavy atom. The van der Waals surface area contributed by atoms with E-state index in [0.29, 0.717) is 12.4 Å². The number of hydrogen-bond donors (Lipinski definition) is 2. The third-order valence-electron chi connectivity index (χ3n) is 2.82. The summed E-state index contributed by atoms with van der Waals surface area (Å²) in [6.45, 7) is 2.76. The van der Waals surface area contributed by atoms with Crippen LogP contribution < -0.4 is 10.6 Å². The highest BCUT2D eigenvalue weighted by molar-refractivity contribution is 14.1. The van der Waals surface area contributed by atoms with Crippen LogP contribution in [0.2, 0.25) is 0 Å². The lowest BCUT2D eigenvalue weighted by Gasteiger charge is -2.17. The second kappa shape index (κ2) is 11.0. The Balaban J connectivity index is 0.00000441. The molecule has 22 heavy (non-hydrogen) atoms. The molecule has 1 heterocycles. The Labute approximate surface area is 167 Å². The topological polar surface area (TPSA) is 70.6 Å². The van der Waals surface area contributed by atoms with Crippen molar-refractivity contribution < 1.29 is 8.42 Å². The van der Waals surface area contributed by atoms with Crippen LogP contribution in [0.15, 0.2) is 17.1 Å². The first-order valence-electron chi connectivity index (χ1n) is 6.69. The Bertz CT molecular complexity index is 574. The molecule has 1 unspecified atom stereocenters. The van der Waals surface area contributed by atoms with Gasteiger partial charge in [-0.3, -0.25) is 4.99 Å². The molecular formula is C13H23I2N3O2S2. The molecule has 5 nitrogen and oxygen atoms in total. The molecule has 1 aromatic rings. The van der Waals surface area contributed by atoms with Crippen LogP contribution in [0.4, 0.5) is 0 Å². The SMILES string of the molecule is CN=C(NCCc1ccc(I)s1)NC(C)CCS(C)(=O)=O.I. The van der Waals surface area contributed by atoms with Gasteiger partial charge in [-0.1, -0.05) is 0 Å². The molecule has 1 atom stereocenters. The van der Waals surface area contributed by atoms with Crippen LogP contribution in [0.3, 0.4) is 0 Å². The maximum absolute atomic E-state index is 11.1. The van der Waals surface area contributed by atoms with E-state index in [4.69, 9.17) is 0 Å². The van der Waals surface area contributed by atoms with Crippen LogP contribution in [0, 0.1) is 2.88 Å². The third kappa shape index (κ3) is 10.2. The van der Waals surface area contributed by atoms with Crippen molar-refractivity contribution in [3.63, 3.8) is 0 Å². The van der Waals surface area contributed by atoms with Crippen molar-refractivity contribution >= 4 is 73.7 Å². The number of nitrogens with zero attached hydrogens (tertiary/aromatic N) is 1. The van der Waals surface area contributed by atoms with E-state index in [1.807, 2.05) is 6.92 Å². The van der Waals surface area contributed by atoms with Gasteiger partial charge in [0.25, 0.3) is 0 Å². The number of halogens is 2. The largest absolute Gasteiger partial charge is 0.356 e. The molecule has 0 spiro atoms.